The van der Waals surface area contributed by atoms with E-state index in [1.165, 1.54) is 7.11 Å². The maximum atomic E-state index is 11.1. The van der Waals surface area contributed by atoms with Gasteiger partial charge in [0.25, 0.3) is 0 Å². The second-order valence-corrected chi connectivity index (χ2v) is 3.59. The number of hydrogen-bond donors (Lipinski definition) is 1. The number of carbonyl (C=O) groups is 1. The van der Waals surface area contributed by atoms with Gasteiger partial charge in [0, 0.05) is 6.04 Å². The average Bonchev–Trinajstić information content (AvgIpc) is 2.72. The molecule has 0 unspecified atom stereocenters. The van der Waals surface area contributed by atoms with Crippen molar-refractivity contribution < 1.29 is 9.53 Å². The molecule has 4 heteroatoms. The number of nitrogens with two attached hydrogens (primary N) is 1. The van der Waals surface area contributed by atoms with Crippen molar-refractivity contribution in [3.05, 3.63) is 0 Å². The van der Waals surface area contributed by atoms with Gasteiger partial charge in [0.15, 0.2) is 0 Å². The molecule has 12 heavy (non-hydrogen) atoms. The van der Waals surface area contributed by atoms with Gasteiger partial charge in [0.05, 0.1) is 13.0 Å². The van der Waals surface area contributed by atoms with Crippen molar-refractivity contribution in [2.45, 2.75) is 18.9 Å². The van der Waals surface area contributed by atoms with Crippen molar-refractivity contribution in [3.63, 3.8) is 0 Å². The summed E-state index contributed by atoms with van der Waals surface area (Å²) in [5.74, 6) is 1.22. The summed E-state index contributed by atoms with van der Waals surface area (Å²) in [5, 5.41) is 0. The Balaban J connectivity index is 0.000000720. The van der Waals surface area contributed by atoms with Crippen LogP contribution in [0.1, 0.15) is 12.8 Å². The lowest BCUT2D eigenvalue weighted by Crippen LogP contribution is -2.23. The first-order chi connectivity index (χ1) is 5.24. The van der Waals surface area contributed by atoms with Gasteiger partial charge in [-0.2, -0.15) is 0 Å². The maximum Gasteiger partial charge on any atom is 0.309 e. The number of hydrogen-bond acceptors (Lipinski definition) is 3. The van der Waals surface area contributed by atoms with Crippen molar-refractivity contribution in [3.8, 4) is 0 Å². The third kappa shape index (κ3) is 1.31. The van der Waals surface area contributed by atoms with Gasteiger partial charge in [-0.05, 0) is 24.7 Å². The van der Waals surface area contributed by atoms with Gasteiger partial charge in [-0.15, -0.1) is 12.4 Å². The van der Waals surface area contributed by atoms with Crippen LogP contribution in [0, 0.1) is 17.8 Å². The summed E-state index contributed by atoms with van der Waals surface area (Å²) in [6.07, 6.45) is 1.98. The minimum atomic E-state index is -0.0644. The molecular weight excluding hydrogens is 178 g/mol. The van der Waals surface area contributed by atoms with Gasteiger partial charge in [-0.3, -0.25) is 4.79 Å². The monoisotopic (exact) mass is 191 g/mol. The second kappa shape index (κ2) is 3.23. The van der Waals surface area contributed by atoms with E-state index in [1.54, 1.807) is 0 Å². The molecule has 4 atom stereocenters. The van der Waals surface area contributed by atoms with Crippen molar-refractivity contribution in [1.29, 1.82) is 0 Å². The summed E-state index contributed by atoms with van der Waals surface area (Å²) in [5.41, 5.74) is 5.80. The number of carbonyl (C=O) groups excluding carboxylic acids is 1. The van der Waals surface area contributed by atoms with Crippen LogP contribution in [0.5, 0.6) is 0 Å². The molecule has 0 heterocycles. The lowest BCUT2D eigenvalue weighted by molar-refractivity contribution is -0.145. The molecule has 0 saturated heterocycles. The Morgan fingerprint density at radius 1 is 1.42 bits per heavy atom. The van der Waals surface area contributed by atoms with Crippen LogP contribution < -0.4 is 5.73 Å². The Hall–Kier alpha value is -0.280. The van der Waals surface area contributed by atoms with Crippen LogP contribution in [0.2, 0.25) is 0 Å². The zero-order valence-corrected chi connectivity index (χ0v) is 7.84. The van der Waals surface area contributed by atoms with Gasteiger partial charge < -0.3 is 10.5 Å². The second-order valence-electron chi connectivity index (χ2n) is 3.59. The van der Waals surface area contributed by atoms with E-state index >= 15 is 0 Å². The van der Waals surface area contributed by atoms with Gasteiger partial charge in [0.1, 0.15) is 0 Å². The molecule has 0 spiro atoms. The highest BCUT2D eigenvalue weighted by Crippen LogP contribution is 2.54. The largest absolute Gasteiger partial charge is 0.469 e. The fourth-order valence-corrected chi connectivity index (χ4v) is 2.26. The molecule has 0 aromatic rings. The van der Waals surface area contributed by atoms with Crippen molar-refractivity contribution in [1.82, 2.24) is 0 Å². The highest BCUT2D eigenvalue weighted by atomic mass is 35.5. The van der Waals surface area contributed by atoms with Gasteiger partial charge >= 0.3 is 5.97 Å². The summed E-state index contributed by atoms with van der Waals surface area (Å²) in [4.78, 5) is 11.1. The van der Waals surface area contributed by atoms with E-state index < -0.39 is 0 Å². The van der Waals surface area contributed by atoms with Gasteiger partial charge in [0.2, 0.25) is 0 Å². The third-order valence-corrected chi connectivity index (χ3v) is 2.99. The molecule has 0 aliphatic heterocycles. The Kier molecular flexibility index (Phi) is 2.64. The normalized spacial score (nSPS) is 42.8. The van der Waals surface area contributed by atoms with Crippen molar-refractivity contribution >= 4 is 18.4 Å². The Morgan fingerprint density at radius 3 is 2.42 bits per heavy atom. The van der Waals surface area contributed by atoms with Crippen LogP contribution >= 0.6 is 12.4 Å². The van der Waals surface area contributed by atoms with Crippen molar-refractivity contribution in [2.24, 2.45) is 23.5 Å². The van der Waals surface area contributed by atoms with Crippen LogP contribution in [0.25, 0.3) is 0 Å². The number of rotatable bonds is 1. The van der Waals surface area contributed by atoms with E-state index in [1.807, 2.05) is 0 Å². The molecule has 2 aliphatic rings. The lowest BCUT2D eigenvalue weighted by Gasteiger charge is -2.09. The van der Waals surface area contributed by atoms with Crippen LogP contribution in [0.15, 0.2) is 0 Å². The van der Waals surface area contributed by atoms with Crippen LogP contribution in [0.3, 0.4) is 0 Å². The molecular formula is C8H14ClNO2. The van der Waals surface area contributed by atoms with E-state index in [2.05, 4.69) is 4.74 Å². The molecule has 3 nitrogen and oxygen atoms in total. The summed E-state index contributed by atoms with van der Waals surface area (Å²) in [6, 6.07) is 0.254. The fourth-order valence-electron chi connectivity index (χ4n) is 2.26. The first-order valence-electron chi connectivity index (χ1n) is 4.07. The van der Waals surface area contributed by atoms with E-state index in [-0.39, 0.29) is 30.3 Å². The number of methoxy groups -OCH3 is 1. The predicted octanol–water partition coefficient (Wildman–Crippen LogP) is 0.565. The quantitative estimate of drug-likeness (QED) is 0.617. The minimum Gasteiger partial charge on any atom is -0.469 e. The molecule has 0 amide bonds. The smallest absolute Gasteiger partial charge is 0.309 e. The Bertz CT molecular complexity index is 197. The summed E-state index contributed by atoms with van der Waals surface area (Å²) >= 11 is 0. The lowest BCUT2D eigenvalue weighted by atomic mass is 10.0. The molecule has 2 rings (SSSR count). The molecule has 2 fully saturated rings. The topological polar surface area (TPSA) is 52.3 Å². The number of esters is 1. The summed E-state index contributed by atoms with van der Waals surface area (Å²) in [7, 11) is 1.45. The van der Waals surface area contributed by atoms with Gasteiger partial charge in [-0.1, -0.05) is 0 Å². The zero-order chi connectivity index (χ0) is 8.01. The maximum absolute atomic E-state index is 11.1. The standard InChI is InChI=1S/C8H13NO2.ClH/c1-11-8(10)6-3-7(9)5-2-4(5)6;/h4-7H,2-3,9H2,1H3;1H/t4-,5+,6+,7-;/m0./s1. The summed E-state index contributed by atoms with van der Waals surface area (Å²) < 4.78 is 4.69. The molecule has 2 N–H and O–H groups in total. The average molecular weight is 192 g/mol. The zero-order valence-electron chi connectivity index (χ0n) is 7.03. The molecule has 70 valence electrons. The van der Waals surface area contributed by atoms with E-state index in [4.69, 9.17) is 5.73 Å². The first-order valence-corrected chi connectivity index (χ1v) is 4.07. The van der Waals surface area contributed by atoms with E-state index in [0.29, 0.717) is 11.8 Å². The number of fused-ring (bicyclic) bond motifs is 1. The minimum absolute atomic E-state index is 0. The van der Waals surface area contributed by atoms with E-state index in [0.717, 1.165) is 12.8 Å². The van der Waals surface area contributed by atoms with Crippen LogP contribution in [-0.4, -0.2) is 19.1 Å². The molecule has 2 aliphatic carbocycles. The SMILES string of the molecule is COC(=O)[C@@H]1C[C@H](N)[C@@H]2C[C@@H]21.Cl. The van der Waals surface area contributed by atoms with Crippen molar-refractivity contribution in [2.75, 3.05) is 7.11 Å². The predicted molar refractivity (Wildman–Crippen MR) is 46.9 cm³/mol. The van der Waals surface area contributed by atoms with Gasteiger partial charge in [-0.25, -0.2) is 0 Å². The van der Waals surface area contributed by atoms with E-state index in [9.17, 15) is 4.79 Å². The third-order valence-electron chi connectivity index (χ3n) is 2.99. The Labute approximate surface area is 78.1 Å². The fraction of sp³-hybridized carbons (Fsp3) is 0.875. The molecule has 0 bridgehead atoms. The van der Waals surface area contributed by atoms with Crippen LogP contribution in [0.4, 0.5) is 0 Å². The number of ether oxygens (including phenoxy) is 1. The molecule has 2 saturated carbocycles. The first kappa shape index (κ1) is 9.81. The highest BCUT2D eigenvalue weighted by Gasteiger charge is 2.55. The van der Waals surface area contributed by atoms with Crippen LogP contribution in [-0.2, 0) is 9.53 Å². The molecule has 0 aromatic carbocycles. The highest BCUT2D eigenvalue weighted by molar-refractivity contribution is 5.85. The molecule has 0 radical (unpaired) electrons. The number of halogens is 1. The summed E-state index contributed by atoms with van der Waals surface area (Å²) in [6.45, 7) is 0. The Morgan fingerprint density at radius 2 is 2.08 bits per heavy atom. The molecule has 0 aromatic heterocycles.